The van der Waals surface area contributed by atoms with E-state index in [0.717, 1.165) is 0 Å². The molecule has 0 aromatic rings. The van der Waals surface area contributed by atoms with Crippen molar-refractivity contribution < 1.29 is 55.8 Å². The SMILES string of the molecule is O.O=S(=O)(O)O.[O]=[Ru](=[O])(=[O])([OH])[OH]. The van der Waals surface area contributed by atoms with Crippen LogP contribution in [-0.4, -0.2) is 30.9 Å². The van der Waals surface area contributed by atoms with Gasteiger partial charge in [-0.2, -0.15) is 8.42 Å². The summed E-state index contributed by atoms with van der Waals surface area (Å²) in [4.78, 5) is 0. The van der Waals surface area contributed by atoms with Crippen LogP contribution in [0.2, 0.25) is 0 Å². The molecule has 0 aliphatic rings. The average Bonchev–Trinajstić information content (AvgIpc) is 1.07. The van der Waals surface area contributed by atoms with Gasteiger partial charge >= 0.3 is 43.2 Å². The molecular weight excluding hydrogens is 293 g/mol. The van der Waals surface area contributed by atoms with Gasteiger partial charge in [0.2, 0.25) is 0 Å². The number of hydrogen-bond donors (Lipinski definition) is 4. The summed E-state index contributed by atoms with van der Waals surface area (Å²) in [6.07, 6.45) is 0. The molecule has 0 aliphatic heterocycles. The van der Waals surface area contributed by atoms with Crippen LogP contribution in [0.15, 0.2) is 0 Å². The molecule has 0 aliphatic carbocycles. The second-order valence-electron chi connectivity index (χ2n) is 1.08. The predicted octanol–water partition coefficient (Wildman–Crippen LogP) is -2.95. The van der Waals surface area contributed by atoms with Crippen LogP contribution in [0.4, 0.5) is 0 Å². The molecule has 80 valence electrons. The second kappa shape index (κ2) is 4.14. The monoisotopic (exact) mass is 300 g/mol. The first-order valence-electron chi connectivity index (χ1n) is 1.45. The Balaban J connectivity index is -0.000000126. The zero-order valence-corrected chi connectivity index (χ0v) is 7.65. The summed E-state index contributed by atoms with van der Waals surface area (Å²) in [5.74, 6) is 0. The maximum atomic E-state index is 8.86. The van der Waals surface area contributed by atoms with Crippen LogP contribution in [-0.2, 0) is 35.3 Å². The van der Waals surface area contributed by atoms with Crippen molar-refractivity contribution in [3.63, 3.8) is 0 Å². The fraction of sp³-hybridized carbons (Fsp3) is 0. The first kappa shape index (κ1) is 17.8. The van der Waals surface area contributed by atoms with Gasteiger partial charge in [-0.15, -0.1) is 0 Å². The van der Waals surface area contributed by atoms with E-state index >= 15 is 0 Å². The Morgan fingerprint density at radius 3 is 0.917 bits per heavy atom. The summed E-state index contributed by atoms with van der Waals surface area (Å²) in [5, 5.41) is 0. The van der Waals surface area contributed by atoms with E-state index in [0.29, 0.717) is 0 Å². The van der Waals surface area contributed by atoms with E-state index in [9.17, 15) is 0 Å². The van der Waals surface area contributed by atoms with Crippen LogP contribution in [0.3, 0.4) is 0 Å². The third-order valence-electron chi connectivity index (χ3n) is 0. The Morgan fingerprint density at radius 2 is 0.917 bits per heavy atom. The average molecular weight is 299 g/mol. The van der Waals surface area contributed by atoms with Crippen molar-refractivity contribution in [2.24, 2.45) is 0 Å². The van der Waals surface area contributed by atoms with Gasteiger partial charge in [0.15, 0.2) is 0 Å². The summed E-state index contributed by atoms with van der Waals surface area (Å²) in [5.41, 5.74) is 0. The van der Waals surface area contributed by atoms with E-state index in [-0.39, 0.29) is 5.48 Å². The van der Waals surface area contributed by atoms with Crippen molar-refractivity contribution in [2.75, 3.05) is 0 Å². The van der Waals surface area contributed by atoms with Crippen LogP contribution in [0.1, 0.15) is 0 Å². The van der Waals surface area contributed by atoms with Gasteiger partial charge < -0.3 is 5.48 Å². The topological polar surface area (TPSA) is 198 Å². The summed E-state index contributed by atoms with van der Waals surface area (Å²) in [6, 6.07) is 0. The van der Waals surface area contributed by atoms with Crippen molar-refractivity contribution in [3.05, 3.63) is 0 Å². The molecule has 6 N–H and O–H groups in total. The molecule has 0 bridgehead atoms. The van der Waals surface area contributed by atoms with Crippen LogP contribution in [0.25, 0.3) is 0 Å². The van der Waals surface area contributed by atoms with Gasteiger partial charge in [-0.3, -0.25) is 9.11 Å². The molecule has 0 saturated heterocycles. The second-order valence-corrected chi connectivity index (χ2v) is 5.10. The normalized spacial score (nSPS) is 14.2. The molecule has 10 nitrogen and oxygen atoms in total. The van der Waals surface area contributed by atoms with E-state index in [1.54, 1.807) is 0 Å². The molecule has 12 heteroatoms. The molecule has 0 atom stereocenters. The van der Waals surface area contributed by atoms with Crippen LogP contribution >= 0.6 is 0 Å². The van der Waals surface area contributed by atoms with E-state index in [1.807, 2.05) is 0 Å². The Hall–Kier alpha value is -0.227. The molecule has 0 aromatic carbocycles. The Labute approximate surface area is 66.7 Å². The van der Waals surface area contributed by atoms with Gasteiger partial charge in [-0.25, -0.2) is 0 Å². The molecule has 0 unspecified atom stereocenters. The molecule has 0 aromatic heterocycles. The van der Waals surface area contributed by atoms with Crippen molar-refractivity contribution in [2.45, 2.75) is 0 Å². The molecule has 0 amide bonds. The third-order valence-corrected chi connectivity index (χ3v) is 0. The van der Waals surface area contributed by atoms with Gasteiger partial charge in [0.25, 0.3) is 0 Å². The third kappa shape index (κ3) is 14600. The van der Waals surface area contributed by atoms with E-state index < -0.39 is 24.6 Å². The van der Waals surface area contributed by atoms with Crippen LogP contribution in [0.5, 0.6) is 0 Å². The fourth-order valence-electron chi connectivity index (χ4n) is 0. The van der Waals surface area contributed by atoms with Gasteiger partial charge in [-0.05, 0) is 0 Å². The Kier molecular flexibility index (Phi) is 6.12. The Morgan fingerprint density at radius 1 is 0.917 bits per heavy atom. The number of hydrogen-bond acceptors (Lipinski definition) is 5. The number of rotatable bonds is 0. The first-order chi connectivity index (χ1) is 4.24. The fourth-order valence-corrected chi connectivity index (χ4v) is 0. The first-order valence-corrected chi connectivity index (χ1v) is 6.53. The van der Waals surface area contributed by atoms with E-state index in [2.05, 4.69) is 0 Å². The van der Waals surface area contributed by atoms with Gasteiger partial charge in [0.05, 0.1) is 0 Å². The molecule has 0 fully saturated rings. The molecule has 0 rings (SSSR count). The Bertz CT molecular complexity index is 352. The minimum absolute atomic E-state index is 0. The summed E-state index contributed by atoms with van der Waals surface area (Å²) in [7, 11) is -4.67. The molecular formula is H6O10RuS. The van der Waals surface area contributed by atoms with Gasteiger partial charge in [-0.1, -0.05) is 0 Å². The molecule has 12 heavy (non-hydrogen) atoms. The zero-order chi connectivity index (χ0) is 9.95. The summed E-state index contributed by atoms with van der Waals surface area (Å²) < 4.78 is 72.3. The predicted molar refractivity (Wildman–Crippen MR) is 24.3 cm³/mol. The van der Waals surface area contributed by atoms with E-state index in [4.69, 9.17) is 36.1 Å². The van der Waals surface area contributed by atoms with Crippen molar-refractivity contribution in [1.29, 1.82) is 0 Å². The van der Waals surface area contributed by atoms with Crippen LogP contribution < -0.4 is 0 Å². The summed E-state index contributed by atoms with van der Waals surface area (Å²) >= 11 is -7.22. The van der Waals surface area contributed by atoms with Crippen molar-refractivity contribution >= 4 is 10.4 Å². The van der Waals surface area contributed by atoms with Crippen LogP contribution in [0, 0.1) is 0 Å². The van der Waals surface area contributed by atoms with Gasteiger partial charge in [0.1, 0.15) is 0 Å². The van der Waals surface area contributed by atoms with Crippen molar-refractivity contribution in [1.82, 2.24) is 0 Å². The standard InChI is InChI=1S/H2O4S.3H2O.3O.Ru/c1-5(2,3)4;;;;;;;/h(H2,1,2,3,4);3*1H2;;;;/q;;;;;;;+2/p-2. The molecule has 0 spiro atoms. The van der Waals surface area contributed by atoms with E-state index in [1.165, 1.54) is 0 Å². The minimum atomic E-state index is -7.22. The molecule has 0 heterocycles. The maximum absolute atomic E-state index is 8.86. The molecule has 0 saturated carbocycles. The zero-order valence-electron chi connectivity index (χ0n) is 5.09. The summed E-state index contributed by atoms with van der Waals surface area (Å²) in [6.45, 7) is 0. The molecule has 0 radical (unpaired) electrons. The van der Waals surface area contributed by atoms with Gasteiger partial charge in [0, 0.05) is 0 Å². The van der Waals surface area contributed by atoms with Crippen molar-refractivity contribution in [3.8, 4) is 0 Å². The quantitative estimate of drug-likeness (QED) is 0.266.